The molecule has 1 atom stereocenters. The second-order valence-corrected chi connectivity index (χ2v) is 7.87. The number of benzene rings is 1. The lowest BCUT2D eigenvalue weighted by molar-refractivity contribution is 0.187. The number of amides is 2. The van der Waals surface area contributed by atoms with Gasteiger partial charge in [0.2, 0.25) is 0 Å². The van der Waals surface area contributed by atoms with Gasteiger partial charge in [-0.25, -0.2) is 14.8 Å². The molecule has 3 aromatic heterocycles. The first-order valence-electron chi connectivity index (χ1n) is 9.53. The van der Waals surface area contributed by atoms with Gasteiger partial charge in [-0.1, -0.05) is 12.1 Å². The van der Waals surface area contributed by atoms with Crippen molar-refractivity contribution in [1.29, 1.82) is 0 Å². The summed E-state index contributed by atoms with van der Waals surface area (Å²) in [6, 6.07) is 11.4. The Morgan fingerprint density at radius 2 is 2.14 bits per heavy atom. The van der Waals surface area contributed by atoms with E-state index in [0.29, 0.717) is 24.1 Å². The Balaban J connectivity index is 1.27. The van der Waals surface area contributed by atoms with Gasteiger partial charge in [0, 0.05) is 36.4 Å². The lowest BCUT2D eigenvalue weighted by Gasteiger charge is -2.30. The van der Waals surface area contributed by atoms with Crippen LogP contribution in [0.4, 0.5) is 9.93 Å². The molecule has 1 unspecified atom stereocenters. The lowest BCUT2D eigenvalue weighted by atomic mass is 9.98. The third kappa shape index (κ3) is 3.71. The van der Waals surface area contributed by atoms with Crippen molar-refractivity contribution in [2.75, 3.05) is 18.4 Å². The van der Waals surface area contributed by atoms with Crippen molar-refractivity contribution >= 4 is 33.6 Å². The molecule has 5 rings (SSSR count). The maximum atomic E-state index is 12.8. The number of urea groups is 1. The van der Waals surface area contributed by atoms with Gasteiger partial charge in [0.15, 0.2) is 16.6 Å². The number of thiazole rings is 1. The zero-order valence-corrected chi connectivity index (χ0v) is 16.4. The minimum Gasteiger partial charge on any atom is -0.440 e. The largest absolute Gasteiger partial charge is 0.440 e. The summed E-state index contributed by atoms with van der Waals surface area (Å²) in [4.78, 5) is 27.8. The molecule has 0 radical (unpaired) electrons. The average Bonchev–Trinajstić information content (AvgIpc) is 3.41. The highest BCUT2D eigenvalue weighted by Crippen LogP contribution is 2.30. The first-order valence-corrected chi connectivity index (χ1v) is 10.4. The van der Waals surface area contributed by atoms with Crippen LogP contribution in [0.25, 0.3) is 22.4 Å². The number of para-hydroxylation sites is 2. The molecule has 4 aromatic rings. The number of aromatic nitrogens is 3. The summed E-state index contributed by atoms with van der Waals surface area (Å²) in [7, 11) is 0. The van der Waals surface area contributed by atoms with Crippen molar-refractivity contribution in [1.82, 2.24) is 19.9 Å². The average molecular weight is 405 g/mol. The number of rotatable bonds is 3. The van der Waals surface area contributed by atoms with Crippen molar-refractivity contribution < 1.29 is 9.21 Å². The quantitative estimate of drug-likeness (QED) is 0.531. The molecule has 8 heteroatoms. The van der Waals surface area contributed by atoms with Gasteiger partial charge < -0.3 is 9.32 Å². The first-order chi connectivity index (χ1) is 14.3. The van der Waals surface area contributed by atoms with Crippen LogP contribution in [-0.4, -0.2) is 39.0 Å². The standard InChI is InChI=1S/C21H19N5O2S/c27-21(25-20-24-17(13-29-20)14-5-3-9-22-11-14)26-10-4-6-15(12-26)19-23-16-7-1-2-8-18(16)28-19/h1-3,5,7-9,11,13,15H,4,6,10,12H2,(H,24,25,27). The van der Waals surface area contributed by atoms with Gasteiger partial charge >= 0.3 is 6.03 Å². The van der Waals surface area contributed by atoms with Gasteiger partial charge in [0.25, 0.3) is 0 Å². The predicted molar refractivity (Wildman–Crippen MR) is 112 cm³/mol. The van der Waals surface area contributed by atoms with E-state index in [1.54, 1.807) is 12.4 Å². The second-order valence-electron chi connectivity index (χ2n) is 7.01. The summed E-state index contributed by atoms with van der Waals surface area (Å²) in [6.07, 6.45) is 5.35. The van der Waals surface area contributed by atoms with Crippen LogP contribution in [0.15, 0.2) is 58.6 Å². The molecule has 2 amide bonds. The number of hydrogen-bond donors (Lipinski definition) is 1. The van der Waals surface area contributed by atoms with E-state index >= 15 is 0 Å². The SMILES string of the molecule is O=C(Nc1nc(-c2cccnc2)cs1)N1CCCC(c2nc3ccccc3o2)C1. The summed E-state index contributed by atoms with van der Waals surface area (Å²) in [5, 5.41) is 5.43. The highest BCUT2D eigenvalue weighted by atomic mass is 32.1. The van der Waals surface area contributed by atoms with Gasteiger partial charge in [-0.15, -0.1) is 11.3 Å². The molecule has 1 fully saturated rings. The molecule has 0 aliphatic carbocycles. The van der Waals surface area contributed by atoms with E-state index in [2.05, 4.69) is 20.3 Å². The van der Waals surface area contributed by atoms with Crippen molar-refractivity contribution in [3.05, 3.63) is 60.1 Å². The molecule has 1 saturated heterocycles. The van der Waals surface area contributed by atoms with Crippen molar-refractivity contribution in [3.63, 3.8) is 0 Å². The Hall–Kier alpha value is -3.26. The van der Waals surface area contributed by atoms with Crippen molar-refractivity contribution in [2.45, 2.75) is 18.8 Å². The molecule has 146 valence electrons. The second kappa shape index (κ2) is 7.63. The topological polar surface area (TPSA) is 84.2 Å². The fourth-order valence-electron chi connectivity index (χ4n) is 3.58. The van der Waals surface area contributed by atoms with E-state index < -0.39 is 0 Å². The van der Waals surface area contributed by atoms with E-state index in [4.69, 9.17) is 4.42 Å². The Morgan fingerprint density at radius 3 is 3.00 bits per heavy atom. The van der Waals surface area contributed by atoms with Crippen molar-refractivity contribution in [3.8, 4) is 11.3 Å². The molecule has 1 aliphatic rings. The van der Waals surface area contributed by atoms with Crippen molar-refractivity contribution in [2.24, 2.45) is 0 Å². The van der Waals surface area contributed by atoms with Crippen LogP contribution in [0.1, 0.15) is 24.7 Å². The van der Waals surface area contributed by atoms with Gasteiger partial charge in [0.1, 0.15) is 5.52 Å². The summed E-state index contributed by atoms with van der Waals surface area (Å²) in [5.74, 6) is 0.806. The summed E-state index contributed by atoms with van der Waals surface area (Å²) in [5.41, 5.74) is 3.38. The number of likely N-dealkylation sites (tertiary alicyclic amines) is 1. The van der Waals surface area contributed by atoms with E-state index in [1.807, 2.05) is 46.7 Å². The summed E-state index contributed by atoms with van der Waals surface area (Å²) in [6.45, 7) is 1.29. The monoisotopic (exact) mass is 405 g/mol. The minimum absolute atomic E-state index is 0.101. The maximum Gasteiger partial charge on any atom is 0.323 e. The molecule has 1 N–H and O–H groups in total. The molecule has 29 heavy (non-hydrogen) atoms. The van der Waals surface area contributed by atoms with Gasteiger partial charge in [-0.3, -0.25) is 10.3 Å². The zero-order chi connectivity index (χ0) is 19.6. The highest BCUT2D eigenvalue weighted by molar-refractivity contribution is 7.14. The van der Waals surface area contributed by atoms with Gasteiger partial charge in [-0.2, -0.15) is 0 Å². The third-order valence-corrected chi connectivity index (χ3v) is 5.80. The Bertz CT molecular complexity index is 1110. The molecule has 0 bridgehead atoms. The number of pyridine rings is 1. The molecule has 1 aromatic carbocycles. The number of fused-ring (bicyclic) bond motifs is 1. The van der Waals surface area contributed by atoms with Gasteiger partial charge in [0.05, 0.1) is 11.6 Å². The van der Waals surface area contributed by atoms with E-state index in [-0.39, 0.29) is 11.9 Å². The van der Waals surface area contributed by atoms with Crippen LogP contribution in [0.3, 0.4) is 0 Å². The highest BCUT2D eigenvalue weighted by Gasteiger charge is 2.28. The number of oxazole rings is 1. The number of hydrogen-bond acceptors (Lipinski definition) is 6. The number of anilines is 1. The fourth-order valence-corrected chi connectivity index (χ4v) is 4.29. The normalized spacial score (nSPS) is 16.8. The predicted octanol–water partition coefficient (Wildman–Crippen LogP) is 4.76. The van der Waals surface area contributed by atoms with Crippen LogP contribution in [0.2, 0.25) is 0 Å². The van der Waals surface area contributed by atoms with Crippen LogP contribution >= 0.6 is 11.3 Å². The van der Waals surface area contributed by atoms with Crippen LogP contribution in [0, 0.1) is 0 Å². The fraction of sp³-hybridized carbons (Fsp3) is 0.238. The van der Waals surface area contributed by atoms with Crippen LogP contribution in [-0.2, 0) is 0 Å². The Kier molecular flexibility index (Phi) is 4.69. The smallest absolute Gasteiger partial charge is 0.323 e. The molecule has 0 spiro atoms. The lowest BCUT2D eigenvalue weighted by Crippen LogP contribution is -2.41. The van der Waals surface area contributed by atoms with Crippen LogP contribution in [0.5, 0.6) is 0 Å². The number of carbonyl (C=O) groups is 1. The Morgan fingerprint density at radius 1 is 1.21 bits per heavy atom. The van der Waals surface area contributed by atoms with Crippen LogP contribution < -0.4 is 5.32 Å². The molecular formula is C21H19N5O2S. The zero-order valence-electron chi connectivity index (χ0n) is 15.6. The molecule has 7 nitrogen and oxygen atoms in total. The minimum atomic E-state index is -0.141. The van der Waals surface area contributed by atoms with E-state index in [0.717, 1.165) is 35.2 Å². The number of carbonyl (C=O) groups excluding carboxylic acids is 1. The summed E-state index contributed by atoms with van der Waals surface area (Å²) >= 11 is 1.41. The van der Waals surface area contributed by atoms with Gasteiger partial charge in [-0.05, 0) is 37.1 Å². The molecule has 4 heterocycles. The molecule has 1 aliphatic heterocycles. The van der Waals surface area contributed by atoms with E-state index in [9.17, 15) is 4.79 Å². The number of nitrogens with zero attached hydrogens (tertiary/aromatic N) is 4. The maximum absolute atomic E-state index is 12.8. The molecular weight excluding hydrogens is 386 g/mol. The molecule has 0 saturated carbocycles. The first kappa shape index (κ1) is 17.8. The number of nitrogens with one attached hydrogen (secondary N) is 1. The number of piperidine rings is 1. The third-order valence-electron chi connectivity index (χ3n) is 5.04. The Labute approximate surface area is 171 Å². The van der Waals surface area contributed by atoms with E-state index in [1.165, 1.54) is 11.3 Å². The summed E-state index contributed by atoms with van der Waals surface area (Å²) < 4.78 is 5.92.